The molecule has 2 aromatic rings. The van der Waals surface area contributed by atoms with Crippen LogP contribution in [0.3, 0.4) is 0 Å². The number of thioether (sulfide) groups is 1. The van der Waals surface area contributed by atoms with E-state index < -0.39 is 0 Å². The van der Waals surface area contributed by atoms with Gasteiger partial charge in [-0.15, -0.1) is 0 Å². The van der Waals surface area contributed by atoms with Crippen LogP contribution in [0.2, 0.25) is 0 Å². The van der Waals surface area contributed by atoms with Gasteiger partial charge in [-0.1, -0.05) is 36.0 Å². The first kappa shape index (κ1) is 16.9. The Morgan fingerprint density at radius 3 is 2.71 bits per heavy atom. The zero-order chi connectivity index (χ0) is 16.9. The van der Waals surface area contributed by atoms with Crippen molar-refractivity contribution in [3.8, 4) is 0 Å². The largest absolute Gasteiger partial charge is 0.348 e. The van der Waals surface area contributed by atoms with Gasteiger partial charge in [-0.05, 0) is 30.7 Å². The highest BCUT2D eigenvalue weighted by Crippen LogP contribution is 2.18. The lowest BCUT2D eigenvalue weighted by Crippen LogP contribution is -2.43. The van der Waals surface area contributed by atoms with Gasteiger partial charge >= 0.3 is 0 Å². The summed E-state index contributed by atoms with van der Waals surface area (Å²) in [5, 5.41) is 3.71. The van der Waals surface area contributed by atoms with Gasteiger partial charge in [0, 0.05) is 38.1 Å². The summed E-state index contributed by atoms with van der Waals surface area (Å²) in [6.07, 6.45) is 6.14. The first-order chi connectivity index (χ1) is 11.7. The molecule has 5 nitrogen and oxygen atoms in total. The minimum atomic E-state index is -0.118. The number of hydrogen-bond acceptors (Lipinski definition) is 5. The van der Waals surface area contributed by atoms with Crippen LogP contribution in [0.25, 0.3) is 0 Å². The van der Waals surface area contributed by atoms with E-state index >= 15 is 0 Å². The molecule has 1 N–H and O–H groups in total. The Hall–Kier alpha value is -1.92. The Labute approximate surface area is 146 Å². The number of fused-ring (bicyclic) bond motifs is 1. The summed E-state index contributed by atoms with van der Waals surface area (Å²) in [5.74, 6) is -0.118. The maximum atomic E-state index is 12.3. The smallest absolute Gasteiger partial charge is 0.254 e. The van der Waals surface area contributed by atoms with Crippen LogP contribution in [0.4, 0.5) is 0 Å². The van der Waals surface area contributed by atoms with Crippen molar-refractivity contribution in [1.29, 1.82) is 0 Å². The van der Waals surface area contributed by atoms with E-state index in [-0.39, 0.29) is 11.9 Å². The average molecular weight is 342 g/mol. The molecule has 24 heavy (non-hydrogen) atoms. The molecule has 1 aromatic carbocycles. The Morgan fingerprint density at radius 2 is 2.00 bits per heavy atom. The van der Waals surface area contributed by atoms with Crippen molar-refractivity contribution < 1.29 is 4.79 Å². The van der Waals surface area contributed by atoms with E-state index in [9.17, 15) is 4.79 Å². The number of carbonyl (C=O) groups is 1. The molecule has 1 aromatic heterocycles. The molecule has 6 heteroatoms. The van der Waals surface area contributed by atoms with Gasteiger partial charge in [-0.3, -0.25) is 9.69 Å². The van der Waals surface area contributed by atoms with Gasteiger partial charge in [0.2, 0.25) is 0 Å². The highest BCUT2D eigenvalue weighted by atomic mass is 32.2. The summed E-state index contributed by atoms with van der Waals surface area (Å²) in [7, 11) is 0. The zero-order valence-electron chi connectivity index (χ0n) is 14.0. The van der Waals surface area contributed by atoms with Gasteiger partial charge < -0.3 is 5.32 Å². The number of hydrogen-bond donors (Lipinski definition) is 1. The van der Waals surface area contributed by atoms with Crippen LogP contribution in [0, 0.1) is 0 Å². The Balaban J connectivity index is 1.54. The van der Waals surface area contributed by atoms with Crippen LogP contribution in [-0.2, 0) is 13.0 Å². The predicted octanol–water partition coefficient (Wildman–Crippen LogP) is 2.38. The second-order valence-corrected chi connectivity index (χ2v) is 6.86. The first-order valence-corrected chi connectivity index (χ1v) is 9.34. The van der Waals surface area contributed by atoms with Gasteiger partial charge in [-0.25, -0.2) is 9.97 Å². The lowest BCUT2D eigenvalue weighted by atomic mass is 10.00. The van der Waals surface area contributed by atoms with E-state index in [4.69, 9.17) is 0 Å². The summed E-state index contributed by atoms with van der Waals surface area (Å²) in [4.78, 5) is 23.0. The van der Waals surface area contributed by atoms with Crippen molar-refractivity contribution in [2.45, 2.75) is 31.1 Å². The maximum Gasteiger partial charge on any atom is 0.254 e. The summed E-state index contributed by atoms with van der Waals surface area (Å²) < 4.78 is 0. The van der Waals surface area contributed by atoms with Gasteiger partial charge in [0.05, 0.1) is 5.56 Å². The van der Waals surface area contributed by atoms with Crippen LogP contribution >= 0.6 is 11.8 Å². The summed E-state index contributed by atoms with van der Waals surface area (Å²) in [6.45, 7) is 4.85. The van der Waals surface area contributed by atoms with Crippen molar-refractivity contribution in [3.05, 3.63) is 53.3 Å². The summed E-state index contributed by atoms with van der Waals surface area (Å²) in [6, 6.07) is 8.65. The predicted molar refractivity (Wildman–Crippen MR) is 96.2 cm³/mol. The molecule has 0 radical (unpaired) electrons. The van der Waals surface area contributed by atoms with E-state index in [1.54, 1.807) is 12.4 Å². The van der Waals surface area contributed by atoms with Crippen molar-refractivity contribution in [2.24, 2.45) is 0 Å². The number of carbonyl (C=O) groups excluding carboxylic acids is 1. The molecule has 1 aliphatic heterocycles. The second-order valence-electron chi connectivity index (χ2n) is 6.09. The van der Waals surface area contributed by atoms with E-state index in [0.29, 0.717) is 10.7 Å². The number of nitrogens with zero attached hydrogens (tertiary/aromatic N) is 3. The van der Waals surface area contributed by atoms with E-state index in [1.165, 1.54) is 22.9 Å². The summed E-state index contributed by atoms with van der Waals surface area (Å²) >= 11 is 1.46. The molecule has 0 bridgehead atoms. The molecule has 0 saturated heterocycles. The third-order valence-corrected chi connectivity index (χ3v) is 4.77. The van der Waals surface area contributed by atoms with Crippen molar-refractivity contribution in [3.63, 3.8) is 0 Å². The fourth-order valence-corrected chi connectivity index (χ4v) is 3.31. The highest BCUT2D eigenvalue weighted by molar-refractivity contribution is 7.98. The zero-order valence-corrected chi connectivity index (χ0v) is 14.8. The molecule has 2 heterocycles. The summed E-state index contributed by atoms with van der Waals surface area (Å²) in [5.41, 5.74) is 3.34. The topological polar surface area (TPSA) is 58.1 Å². The van der Waals surface area contributed by atoms with Gasteiger partial charge in [-0.2, -0.15) is 0 Å². The number of nitrogens with one attached hydrogen (secondary N) is 1. The fourth-order valence-electron chi connectivity index (χ4n) is 2.99. The molecule has 0 saturated carbocycles. The highest BCUT2D eigenvalue weighted by Gasteiger charge is 2.19. The van der Waals surface area contributed by atoms with E-state index in [1.807, 2.05) is 13.2 Å². The molecule has 1 atom stereocenters. The number of benzene rings is 1. The lowest BCUT2D eigenvalue weighted by Gasteiger charge is -2.31. The van der Waals surface area contributed by atoms with Crippen LogP contribution in [0.1, 0.15) is 28.4 Å². The fraction of sp³-hybridized carbons (Fsp3) is 0.389. The van der Waals surface area contributed by atoms with Crippen molar-refractivity contribution >= 4 is 17.7 Å². The maximum absolute atomic E-state index is 12.3. The van der Waals surface area contributed by atoms with Crippen LogP contribution in [0.5, 0.6) is 0 Å². The normalized spacial score (nSPS) is 15.6. The SMILES string of the molecule is CSc1ncc(C(=O)N[C@@H](C)CN2CCc3ccccc3C2)cn1. The van der Waals surface area contributed by atoms with Gasteiger partial charge in [0.1, 0.15) is 0 Å². The Kier molecular flexibility index (Phi) is 5.48. The second kappa shape index (κ2) is 7.77. The number of amides is 1. The molecule has 1 aliphatic rings. The van der Waals surface area contributed by atoms with Crippen LogP contribution in [-0.4, -0.2) is 46.2 Å². The number of rotatable bonds is 5. The van der Waals surface area contributed by atoms with Crippen LogP contribution < -0.4 is 5.32 Å². The molecule has 3 rings (SSSR count). The lowest BCUT2D eigenvalue weighted by molar-refractivity contribution is 0.0926. The first-order valence-electron chi connectivity index (χ1n) is 8.11. The third kappa shape index (κ3) is 4.13. The molecule has 0 spiro atoms. The molecule has 1 amide bonds. The third-order valence-electron chi connectivity index (χ3n) is 4.19. The van der Waals surface area contributed by atoms with Crippen LogP contribution in [0.15, 0.2) is 41.8 Å². The molecule has 126 valence electrons. The quantitative estimate of drug-likeness (QED) is 0.668. The van der Waals surface area contributed by atoms with E-state index in [2.05, 4.69) is 44.5 Å². The molecule has 0 unspecified atom stereocenters. The van der Waals surface area contributed by atoms with Crippen molar-refractivity contribution in [1.82, 2.24) is 20.2 Å². The van der Waals surface area contributed by atoms with Gasteiger partial charge in [0.15, 0.2) is 5.16 Å². The Bertz CT molecular complexity index is 704. The molecule has 0 fully saturated rings. The number of aromatic nitrogens is 2. The Morgan fingerprint density at radius 1 is 1.29 bits per heavy atom. The van der Waals surface area contributed by atoms with Gasteiger partial charge in [0.25, 0.3) is 5.91 Å². The standard InChI is InChI=1S/C18H22N4OS/c1-13(21-17(23)16-9-19-18(24-2)20-10-16)11-22-8-7-14-5-3-4-6-15(14)12-22/h3-6,9-10,13H,7-8,11-12H2,1-2H3,(H,21,23)/t13-/m0/s1. The molecular weight excluding hydrogens is 320 g/mol. The molecule has 0 aliphatic carbocycles. The average Bonchev–Trinajstić information content (AvgIpc) is 2.61. The minimum Gasteiger partial charge on any atom is -0.348 e. The van der Waals surface area contributed by atoms with E-state index in [0.717, 1.165) is 26.1 Å². The minimum absolute atomic E-state index is 0.0722. The monoisotopic (exact) mass is 342 g/mol. The van der Waals surface area contributed by atoms with Crippen molar-refractivity contribution in [2.75, 3.05) is 19.3 Å². The molecular formula is C18H22N4OS.